The van der Waals surface area contributed by atoms with Crippen molar-refractivity contribution in [1.29, 1.82) is 0 Å². The number of nitrogens with one attached hydrogen (secondary N) is 1. The Balaban J connectivity index is 1.86. The zero-order valence-electron chi connectivity index (χ0n) is 9.97. The number of nitrogens with zero attached hydrogens (tertiary/aromatic N) is 2. The molecule has 0 bridgehead atoms. The number of rotatable bonds is 6. The molecule has 0 atom stereocenters. The summed E-state index contributed by atoms with van der Waals surface area (Å²) in [5, 5.41) is 11.7. The van der Waals surface area contributed by atoms with E-state index in [0.29, 0.717) is 19.5 Å². The number of carboxylic acids is 1. The van der Waals surface area contributed by atoms with Gasteiger partial charge in [-0.2, -0.15) is 0 Å². The monoisotopic (exact) mass is 245 g/mol. The maximum Gasteiger partial charge on any atom is 0.303 e. The van der Waals surface area contributed by atoms with E-state index in [4.69, 9.17) is 5.11 Å². The van der Waals surface area contributed by atoms with Crippen LogP contribution in [-0.4, -0.2) is 27.6 Å². The fourth-order valence-corrected chi connectivity index (χ4v) is 1.66. The molecule has 2 N–H and O–H groups in total. The average molecular weight is 245 g/mol. The lowest BCUT2D eigenvalue weighted by Gasteiger charge is -2.04. The quantitative estimate of drug-likeness (QED) is 0.756. The van der Waals surface area contributed by atoms with Gasteiger partial charge in [-0.25, -0.2) is 4.98 Å². The zero-order valence-corrected chi connectivity index (χ0v) is 9.97. The maximum absolute atomic E-state index is 10.3. The largest absolute Gasteiger partial charge is 0.481 e. The highest BCUT2D eigenvalue weighted by molar-refractivity contribution is 5.73. The first-order valence-electron chi connectivity index (χ1n) is 5.89. The van der Waals surface area contributed by atoms with E-state index >= 15 is 0 Å². The molecule has 0 saturated heterocycles. The van der Waals surface area contributed by atoms with E-state index in [9.17, 15) is 4.79 Å². The minimum atomic E-state index is -0.762. The van der Waals surface area contributed by atoms with Gasteiger partial charge in [-0.05, 0) is 25.1 Å². The Morgan fingerprint density at radius 1 is 1.28 bits per heavy atom. The van der Waals surface area contributed by atoms with Crippen molar-refractivity contribution < 1.29 is 9.90 Å². The Morgan fingerprint density at radius 2 is 2.06 bits per heavy atom. The van der Waals surface area contributed by atoms with Gasteiger partial charge in [0.2, 0.25) is 0 Å². The Hall–Kier alpha value is -2.01. The molecule has 1 aromatic carbocycles. The van der Waals surface area contributed by atoms with Crippen molar-refractivity contribution in [3.8, 4) is 0 Å². The lowest BCUT2D eigenvalue weighted by Crippen LogP contribution is -2.16. The summed E-state index contributed by atoms with van der Waals surface area (Å²) in [4.78, 5) is 19.1. The number of fused-ring (bicyclic) bond motifs is 1. The molecule has 18 heavy (non-hydrogen) atoms. The number of benzene rings is 1. The molecule has 2 aromatic rings. The molecule has 94 valence electrons. The Bertz CT molecular complexity index is 543. The van der Waals surface area contributed by atoms with Gasteiger partial charge in [0.05, 0.1) is 22.9 Å². The number of carbonyl (C=O) groups is 1. The SMILES string of the molecule is O=C(O)CCCNCc1cnc2ccccc2n1. The highest BCUT2D eigenvalue weighted by atomic mass is 16.4. The predicted molar refractivity (Wildman–Crippen MR) is 68.1 cm³/mol. The van der Waals surface area contributed by atoms with Crippen molar-refractivity contribution >= 4 is 17.0 Å². The first-order chi connectivity index (χ1) is 8.75. The fraction of sp³-hybridized carbons (Fsp3) is 0.308. The molecular formula is C13H15N3O2. The van der Waals surface area contributed by atoms with Gasteiger partial charge in [0, 0.05) is 13.0 Å². The summed E-state index contributed by atoms with van der Waals surface area (Å²) in [7, 11) is 0. The first kappa shape index (κ1) is 12.4. The summed E-state index contributed by atoms with van der Waals surface area (Å²) in [5.74, 6) is -0.762. The number of hydrogen-bond acceptors (Lipinski definition) is 4. The summed E-state index contributed by atoms with van der Waals surface area (Å²) in [6.07, 6.45) is 2.55. The van der Waals surface area contributed by atoms with Crippen LogP contribution in [-0.2, 0) is 11.3 Å². The van der Waals surface area contributed by atoms with E-state index in [1.165, 1.54) is 0 Å². The van der Waals surface area contributed by atoms with Gasteiger partial charge in [-0.3, -0.25) is 9.78 Å². The van der Waals surface area contributed by atoms with Gasteiger partial charge in [0.1, 0.15) is 0 Å². The topological polar surface area (TPSA) is 75.1 Å². The van der Waals surface area contributed by atoms with Gasteiger partial charge >= 0.3 is 5.97 Å². The molecule has 0 aliphatic carbocycles. The Labute approximate surface area is 105 Å². The van der Waals surface area contributed by atoms with E-state index in [1.807, 2.05) is 24.3 Å². The molecule has 5 nitrogen and oxygen atoms in total. The van der Waals surface area contributed by atoms with Crippen LogP contribution in [0.5, 0.6) is 0 Å². The van der Waals surface area contributed by atoms with Crippen LogP contribution in [0.1, 0.15) is 18.5 Å². The van der Waals surface area contributed by atoms with E-state index in [-0.39, 0.29) is 6.42 Å². The molecule has 0 aliphatic heterocycles. The molecule has 1 aromatic heterocycles. The molecule has 0 radical (unpaired) electrons. The third kappa shape index (κ3) is 3.49. The van der Waals surface area contributed by atoms with E-state index < -0.39 is 5.97 Å². The van der Waals surface area contributed by atoms with Crippen molar-refractivity contribution in [1.82, 2.24) is 15.3 Å². The summed E-state index contributed by atoms with van der Waals surface area (Å²) in [5.41, 5.74) is 2.62. The van der Waals surface area contributed by atoms with Crippen molar-refractivity contribution in [3.05, 3.63) is 36.2 Å². The maximum atomic E-state index is 10.3. The standard InChI is InChI=1S/C13H15N3O2/c17-13(18)6-3-7-14-8-10-9-15-11-4-1-2-5-12(11)16-10/h1-2,4-5,9,14H,3,6-8H2,(H,17,18). The van der Waals surface area contributed by atoms with Crippen molar-refractivity contribution in [2.24, 2.45) is 0 Å². The number of carboxylic acid groups (broad SMARTS) is 1. The number of hydrogen-bond donors (Lipinski definition) is 2. The van der Waals surface area contributed by atoms with Crippen LogP contribution < -0.4 is 5.32 Å². The summed E-state index contributed by atoms with van der Waals surface area (Å²) < 4.78 is 0. The van der Waals surface area contributed by atoms with Crippen molar-refractivity contribution in [3.63, 3.8) is 0 Å². The zero-order chi connectivity index (χ0) is 12.8. The van der Waals surface area contributed by atoms with Gasteiger partial charge < -0.3 is 10.4 Å². The molecule has 5 heteroatoms. The van der Waals surface area contributed by atoms with Gasteiger partial charge in [-0.15, -0.1) is 0 Å². The van der Waals surface area contributed by atoms with Crippen LogP contribution in [0.25, 0.3) is 11.0 Å². The summed E-state index contributed by atoms with van der Waals surface area (Å²) in [6, 6.07) is 7.71. The van der Waals surface area contributed by atoms with E-state index in [1.54, 1.807) is 6.20 Å². The van der Waals surface area contributed by atoms with E-state index in [0.717, 1.165) is 16.7 Å². The second-order valence-electron chi connectivity index (χ2n) is 4.02. The molecule has 0 amide bonds. The molecule has 2 rings (SSSR count). The molecule has 0 fully saturated rings. The van der Waals surface area contributed by atoms with Crippen LogP contribution in [0.4, 0.5) is 0 Å². The molecule has 0 unspecified atom stereocenters. The van der Waals surface area contributed by atoms with Crippen LogP contribution in [0.15, 0.2) is 30.5 Å². The van der Waals surface area contributed by atoms with Crippen LogP contribution in [0.2, 0.25) is 0 Å². The van der Waals surface area contributed by atoms with Crippen LogP contribution in [0.3, 0.4) is 0 Å². The summed E-state index contributed by atoms with van der Waals surface area (Å²) in [6.45, 7) is 1.28. The lowest BCUT2D eigenvalue weighted by atomic mass is 10.3. The summed E-state index contributed by atoms with van der Waals surface area (Å²) >= 11 is 0. The van der Waals surface area contributed by atoms with Gasteiger partial charge in [-0.1, -0.05) is 12.1 Å². The second-order valence-corrected chi connectivity index (χ2v) is 4.02. The fourth-order valence-electron chi connectivity index (χ4n) is 1.66. The van der Waals surface area contributed by atoms with E-state index in [2.05, 4.69) is 15.3 Å². The van der Waals surface area contributed by atoms with Gasteiger partial charge in [0.15, 0.2) is 0 Å². The van der Waals surface area contributed by atoms with Crippen LogP contribution >= 0.6 is 0 Å². The molecule has 0 aliphatic rings. The highest BCUT2D eigenvalue weighted by Crippen LogP contribution is 2.08. The highest BCUT2D eigenvalue weighted by Gasteiger charge is 1.99. The van der Waals surface area contributed by atoms with Gasteiger partial charge in [0.25, 0.3) is 0 Å². The number of aliphatic carboxylic acids is 1. The van der Waals surface area contributed by atoms with Crippen molar-refractivity contribution in [2.45, 2.75) is 19.4 Å². The number of para-hydroxylation sites is 2. The van der Waals surface area contributed by atoms with Crippen LogP contribution in [0, 0.1) is 0 Å². The molecule has 0 spiro atoms. The third-order valence-electron chi connectivity index (χ3n) is 2.55. The molecular weight excluding hydrogens is 230 g/mol. The first-order valence-corrected chi connectivity index (χ1v) is 5.89. The predicted octanol–water partition coefficient (Wildman–Crippen LogP) is 1.58. The Kier molecular flexibility index (Phi) is 4.20. The second kappa shape index (κ2) is 6.07. The minimum absolute atomic E-state index is 0.191. The smallest absolute Gasteiger partial charge is 0.303 e. The lowest BCUT2D eigenvalue weighted by molar-refractivity contribution is -0.137. The third-order valence-corrected chi connectivity index (χ3v) is 2.55. The molecule has 1 heterocycles. The minimum Gasteiger partial charge on any atom is -0.481 e. The van der Waals surface area contributed by atoms with Crippen molar-refractivity contribution in [2.75, 3.05) is 6.54 Å². The number of aromatic nitrogens is 2. The normalized spacial score (nSPS) is 10.7. The average Bonchev–Trinajstić information content (AvgIpc) is 2.38. The molecule has 0 saturated carbocycles. The Morgan fingerprint density at radius 3 is 2.83 bits per heavy atom.